The van der Waals surface area contributed by atoms with Crippen molar-refractivity contribution in [2.75, 3.05) is 17.6 Å². The van der Waals surface area contributed by atoms with E-state index in [2.05, 4.69) is 31.7 Å². The first kappa shape index (κ1) is 14.9. The molecule has 0 aliphatic heterocycles. The Hall–Kier alpha value is -1.47. The number of urea groups is 1. The topological polar surface area (TPSA) is 67.2 Å². The van der Waals surface area contributed by atoms with Gasteiger partial charge < -0.3 is 9.84 Å². The zero-order chi connectivity index (χ0) is 14.4. The molecule has 2 aromatic rings. The van der Waals surface area contributed by atoms with Gasteiger partial charge in [-0.2, -0.15) is 0 Å². The second-order valence-corrected chi connectivity index (χ2v) is 6.09. The Labute approximate surface area is 129 Å². The minimum Gasteiger partial charge on any atom is -0.360 e. The molecule has 0 unspecified atom stereocenters. The first-order valence-corrected chi connectivity index (χ1v) is 7.78. The predicted molar refractivity (Wildman–Crippen MR) is 83.1 cm³/mol. The molecule has 0 radical (unpaired) electrons. The number of aryl methyl sites for hydroxylation is 1. The standard InChI is InChI=1S/C13H14BrN3O2S/c1-9-8-12(17-19-9)16-13(18)15-6-7-20-11-4-2-10(14)3-5-11/h2-5,8H,6-7H2,1H3,(H2,15,16,17,18). The Morgan fingerprint density at radius 3 is 2.80 bits per heavy atom. The van der Waals surface area contributed by atoms with Gasteiger partial charge in [-0.05, 0) is 31.2 Å². The van der Waals surface area contributed by atoms with Crippen LogP contribution in [-0.4, -0.2) is 23.5 Å². The Bertz CT molecular complexity index is 571. The Kier molecular flexibility index (Phi) is 5.49. The lowest BCUT2D eigenvalue weighted by Crippen LogP contribution is -2.30. The summed E-state index contributed by atoms with van der Waals surface area (Å²) >= 11 is 5.08. The molecule has 0 aliphatic carbocycles. The highest BCUT2D eigenvalue weighted by Gasteiger charge is 2.04. The van der Waals surface area contributed by atoms with Gasteiger partial charge in [0.1, 0.15) is 5.76 Å². The number of carbonyl (C=O) groups is 1. The van der Waals surface area contributed by atoms with Crippen molar-refractivity contribution in [3.05, 3.63) is 40.6 Å². The third kappa shape index (κ3) is 4.90. The molecular formula is C13H14BrN3O2S. The number of carbonyl (C=O) groups excluding carboxylic acids is 1. The van der Waals surface area contributed by atoms with E-state index >= 15 is 0 Å². The molecule has 2 amide bonds. The van der Waals surface area contributed by atoms with Crippen LogP contribution in [0.4, 0.5) is 10.6 Å². The smallest absolute Gasteiger partial charge is 0.320 e. The number of nitrogens with one attached hydrogen (secondary N) is 2. The van der Waals surface area contributed by atoms with Gasteiger partial charge in [-0.3, -0.25) is 5.32 Å². The van der Waals surface area contributed by atoms with Crippen LogP contribution in [0.5, 0.6) is 0 Å². The van der Waals surface area contributed by atoms with Gasteiger partial charge in [0, 0.05) is 27.7 Å². The maximum Gasteiger partial charge on any atom is 0.320 e. The van der Waals surface area contributed by atoms with E-state index in [0.29, 0.717) is 18.1 Å². The maximum absolute atomic E-state index is 11.6. The minimum absolute atomic E-state index is 0.283. The van der Waals surface area contributed by atoms with Crippen LogP contribution in [0.2, 0.25) is 0 Å². The van der Waals surface area contributed by atoms with Crippen molar-refractivity contribution in [2.45, 2.75) is 11.8 Å². The third-order valence-corrected chi connectivity index (χ3v) is 3.88. The molecule has 2 N–H and O–H groups in total. The lowest BCUT2D eigenvalue weighted by molar-refractivity contribution is 0.252. The van der Waals surface area contributed by atoms with Gasteiger partial charge in [0.15, 0.2) is 5.82 Å². The summed E-state index contributed by atoms with van der Waals surface area (Å²) in [6, 6.07) is 9.44. The summed E-state index contributed by atoms with van der Waals surface area (Å²) in [5.74, 6) is 1.87. The largest absolute Gasteiger partial charge is 0.360 e. The lowest BCUT2D eigenvalue weighted by Gasteiger charge is -2.05. The highest BCUT2D eigenvalue weighted by atomic mass is 79.9. The fourth-order valence-electron chi connectivity index (χ4n) is 1.45. The molecule has 1 aromatic heterocycles. The third-order valence-electron chi connectivity index (χ3n) is 2.34. The van der Waals surface area contributed by atoms with Crippen LogP contribution >= 0.6 is 27.7 Å². The number of nitrogens with zero attached hydrogens (tertiary/aromatic N) is 1. The Morgan fingerprint density at radius 2 is 2.15 bits per heavy atom. The molecule has 0 atom stereocenters. The van der Waals surface area contributed by atoms with E-state index in [1.807, 2.05) is 24.3 Å². The van der Waals surface area contributed by atoms with Crippen molar-refractivity contribution in [2.24, 2.45) is 0 Å². The van der Waals surface area contributed by atoms with Gasteiger partial charge in [-0.25, -0.2) is 4.79 Å². The van der Waals surface area contributed by atoms with E-state index in [9.17, 15) is 4.79 Å². The molecular weight excluding hydrogens is 342 g/mol. The van der Waals surface area contributed by atoms with Crippen molar-refractivity contribution in [1.82, 2.24) is 10.5 Å². The van der Waals surface area contributed by atoms with Crippen LogP contribution < -0.4 is 10.6 Å². The van der Waals surface area contributed by atoms with Crippen LogP contribution in [0.15, 0.2) is 44.2 Å². The maximum atomic E-state index is 11.6. The van der Waals surface area contributed by atoms with E-state index in [0.717, 1.165) is 10.2 Å². The second-order valence-electron chi connectivity index (χ2n) is 4.01. The number of rotatable bonds is 5. The number of hydrogen-bond donors (Lipinski definition) is 2. The summed E-state index contributed by atoms with van der Waals surface area (Å²) in [7, 11) is 0. The fraction of sp³-hybridized carbons (Fsp3) is 0.231. The van der Waals surface area contributed by atoms with Crippen molar-refractivity contribution in [1.29, 1.82) is 0 Å². The molecule has 0 bridgehead atoms. The number of hydrogen-bond acceptors (Lipinski definition) is 4. The van der Waals surface area contributed by atoms with Crippen molar-refractivity contribution in [3.63, 3.8) is 0 Å². The van der Waals surface area contributed by atoms with Crippen molar-refractivity contribution < 1.29 is 9.32 Å². The molecule has 0 spiro atoms. The van der Waals surface area contributed by atoms with Crippen LogP contribution in [0.3, 0.4) is 0 Å². The van der Waals surface area contributed by atoms with Gasteiger partial charge in [0.2, 0.25) is 0 Å². The average molecular weight is 356 g/mol. The van der Waals surface area contributed by atoms with Crippen LogP contribution in [0.25, 0.3) is 0 Å². The van der Waals surface area contributed by atoms with Gasteiger partial charge >= 0.3 is 6.03 Å². The van der Waals surface area contributed by atoms with Crippen molar-refractivity contribution >= 4 is 39.5 Å². The molecule has 20 heavy (non-hydrogen) atoms. The number of aromatic nitrogens is 1. The van der Waals surface area contributed by atoms with E-state index in [4.69, 9.17) is 4.52 Å². The van der Waals surface area contributed by atoms with Gasteiger partial charge in [0.05, 0.1) is 0 Å². The first-order chi connectivity index (χ1) is 9.63. The summed E-state index contributed by atoms with van der Waals surface area (Å²) in [4.78, 5) is 12.7. The molecule has 106 valence electrons. The van der Waals surface area contributed by atoms with E-state index in [-0.39, 0.29) is 6.03 Å². The molecule has 5 nitrogen and oxygen atoms in total. The SMILES string of the molecule is Cc1cc(NC(=O)NCCSc2ccc(Br)cc2)no1. The Balaban J connectivity index is 1.65. The zero-order valence-corrected chi connectivity index (χ0v) is 13.3. The molecule has 0 saturated heterocycles. The molecule has 0 fully saturated rings. The van der Waals surface area contributed by atoms with Crippen LogP contribution in [0, 0.1) is 6.92 Å². The first-order valence-electron chi connectivity index (χ1n) is 6.00. The fourth-order valence-corrected chi connectivity index (χ4v) is 2.48. The number of anilines is 1. The summed E-state index contributed by atoms with van der Waals surface area (Å²) in [5.41, 5.74) is 0. The highest BCUT2D eigenvalue weighted by molar-refractivity contribution is 9.10. The van der Waals surface area contributed by atoms with Crippen LogP contribution in [0.1, 0.15) is 5.76 Å². The van der Waals surface area contributed by atoms with E-state index in [1.54, 1.807) is 24.8 Å². The molecule has 2 rings (SSSR count). The molecule has 0 saturated carbocycles. The second kappa shape index (κ2) is 7.35. The molecule has 0 aliphatic rings. The van der Waals surface area contributed by atoms with Gasteiger partial charge in [-0.1, -0.05) is 21.1 Å². The highest BCUT2D eigenvalue weighted by Crippen LogP contribution is 2.19. The summed E-state index contributed by atoms with van der Waals surface area (Å²) < 4.78 is 5.92. The van der Waals surface area contributed by atoms with E-state index in [1.165, 1.54) is 4.90 Å². The summed E-state index contributed by atoms with van der Waals surface area (Å²) in [6.45, 7) is 2.34. The zero-order valence-electron chi connectivity index (χ0n) is 10.9. The number of halogens is 1. The predicted octanol–water partition coefficient (Wildman–Crippen LogP) is 3.66. The average Bonchev–Trinajstić information content (AvgIpc) is 2.82. The molecule has 7 heteroatoms. The van der Waals surface area contributed by atoms with E-state index < -0.39 is 0 Å². The monoisotopic (exact) mass is 355 g/mol. The van der Waals surface area contributed by atoms with Gasteiger partial charge in [0.25, 0.3) is 0 Å². The molecule has 1 aromatic carbocycles. The van der Waals surface area contributed by atoms with Crippen LogP contribution in [-0.2, 0) is 0 Å². The normalized spacial score (nSPS) is 10.3. The quantitative estimate of drug-likeness (QED) is 0.634. The summed E-state index contributed by atoms with van der Waals surface area (Å²) in [5, 5.41) is 9.04. The minimum atomic E-state index is -0.283. The van der Waals surface area contributed by atoms with Crippen molar-refractivity contribution in [3.8, 4) is 0 Å². The molecule has 1 heterocycles. The van der Waals surface area contributed by atoms with Gasteiger partial charge in [-0.15, -0.1) is 11.8 Å². The number of thioether (sulfide) groups is 1. The lowest BCUT2D eigenvalue weighted by atomic mass is 10.4. The number of benzene rings is 1. The Morgan fingerprint density at radius 1 is 1.40 bits per heavy atom. The summed E-state index contributed by atoms with van der Waals surface area (Å²) in [6.07, 6.45) is 0. The number of amides is 2.